The average Bonchev–Trinajstić information content (AvgIpc) is 2.13. The van der Waals surface area contributed by atoms with Crippen LogP contribution in [0.4, 0.5) is 5.82 Å². The minimum atomic E-state index is 0.483. The van der Waals surface area contributed by atoms with E-state index in [9.17, 15) is 0 Å². The fourth-order valence-electron chi connectivity index (χ4n) is 1.44. The van der Waals surface area contributed by atoms with Crippen LogP contribution < -0.4 is 11.1 Å². The second kappa shape index (κ2) is 4.15. The third-order valence-corrected chi connectivity index (χ3v) is 2.87. The highest BCUT2D eigenvalue weighted by Gasteiger charge is 2.18. The molecular formula is C10H14ClN3. The van der Waals surface area contributed by atoms with Crippen molar-refractivity contribution < 1.29 is 0 Å². The number of nitrogens with one attached hydrogen (secondary N) is 1. The van der Waals surface area contributed by atoms with E-state index in [1.807, 2.05) is 6.07 Å². The second-order valence-electron chi connectivity index (χ2n) is 3.65. The zero-order valence-electron chi connectivity index (χ0n) is 7.96. The normalized spacial score (nSPS) is 16.4. The lowest BCUT2D eigenvalue weighted by Gasteiger charge is -2.27. The number of halogens is 1. The quantitative estimate of drug-likeness (QED) is 0.806. The first-order valence-electron chi connectivity index (χ1n) is 4.90. The van der Waals surface area contributed by atoms with Gasteiger partial charge in [0.2, 0.25) is 0 Å². The molecule has 0 unspecified atom stereocenters. The van der Waals surface area contributed by atoms with E-state index in [1.165, 1.54) is 19.3 Å². The van der Waals surface area contributed by atoms with Gasteiger partial charge in [-0.1, -0.05) is 11.6 Å². The topological polar surface area (TPSA) is 50.9 Å². The summed E-state index contributed by atoms with van der Waals surface area (Å²) < 4.78 is 0. The molecule has 4 heteroatoms. The monoisotopic (exact) mass is 211 g/mol. The molecule has 14 heavy (non-hydrogen) atoms. The Hall–Kier alpha value is -0.800. The summed E-state index contributed by atoms with van der Waals surface area (Å²) in [6.07, 6.45) is 5.51. The molecule has 2 rings (SSSR count). The van der Waals surface area contributed by atoms with Gasteiger partial charge in [-0.15, -0.1) is 0 Å². The number of anilines is 1. The van der Waals surface area contributed by atoms with Crippen LogP contribution in [0.15, 0.2) is 12.3 Å². The molecule has 0 bridgehead atoms. The van der Waals surface area contributed by atoms with E-state index < -0.39 is 0 Å². The number of hydrogen-bond acceptors (Lipinski definition) is 3. The third-order valence-electron chi connectivity index (χ3n) is 2.58. The molecule has 1 aliphatic rings. The third kappa shape index (κ3) is 1.99. The van der Waals surface area contributed by atoms with Crippen LogP contribution >= 0.6 is 11.6 Å². The van der Waals surface area contributed by atoms with Gasteiger partial charge in [-0.2, -0.15) is 0 Å². The summed E-state index contributed by atoms with van der Waals surface area (Å²) in [5.74, 6) is 0.786. The van der Waals surface area contributed by atoms with Gasteiger partial charge in [0.25, 0.3) is 0 Å². The van der Waals surface area contributed by atoms with E-state index in [1.54, 1.807) is 6.20 Å². The first-order chi connectivity index (χ1) is 6.79. The fraction of sp³-hybridized carbons (Fsp3) is 0.500. The summed E-state index contributed by atoms with van der Waals surface area (Å²) in [7, 11) is 0. The van der Waals surface area contributed by atoms with E-state index in [-0.39, 0.29) is 0 Å². The summed E-state index contributed by atoms with van der Waals surface area (Å²) >= 11 is 6.05. The maximum absolute atomic E-state index is 6.05. The van der Waals surface area contributed by atoms with Crippen LogP contribution in [0.2, 0.25) is 5.02 Å². The summed E-state index contributed by atoms with van der Waals surface area (Å²) in [5, 5.41) is 3.98. The molecular weight excluding hydrogens is 198 g/mol. The standard InChI is InChI=1S/C10H14ClN3/c11-9-4-7(5-12)6-13-10(9)14-8-2-1-3-8/h4,6,8H,1-3,5,12H2,(H,13,14). The minimum absolute atomic E-state index is 0.483. The predicted octanol–water partition coefficient (Wildman–Crippen LogP) is 2.16. The van der Waals surface area contributed by atoms with Gasteiger partial charge in [-0.05, 0) is 30.9 Å². The zero-order chi connectivity index (χ0) is 9.97. The van der Waals surface area contributed by atoms with Crippen molar-refractivity contribution in [3.8, 4) is 0 Å². The number of hydrogen-bond donors (Lipinski definition) is 2. The molecule has 1 aromatic rings. The lowest BCUT2D eigenvalue weighted by atomic mass is 9.93. The highest BCUT2D eigenvalue weighted by atomic mass is 35.5. The molecule has 0 amide bonds. The summed E-state index contributed by atoms with van der Waals surface area (Å²) in [5.41, 5.74) is 6.46. The van der Waals surface area contributed by atoms with Crippen molar-refractivity contribution in [2.75, 3.05) is 5.32 Å². The van der Waals surface area contributed by atoms with Gasteiger partial charge in [0.05, 0.1) is 5.02 Å². The number of nitrogens with two attached hydrogens (primary N) is 1. The van der Waals surface area contributed by atoms with Crippen molar-refractivity contribution >= 4 is 17.4 Å². The minimum Gasteiger partial charge on any atom is -0.366 e. The van der Waals surface area contributed by atoms with Crippen molar-refractivity contribution in [3.63, 3.8) is 0 Å². The molecule has 1 heterocycles. The lowest BCUT2D eigenvalue weighted by molar-refractivity contribution is 0.444. The SMILES string of the molecule is NCc1cnc(NC2CCC2)c(Cl)c1. The van der Waals surface area contributed by atoms with Gasteiger partial charge in [-0.25, -0.2) is 4.98 Å². The van der Waals surface area contributed by atoms with Gasteiger partial charge in [-0.3, -0.25) is 0 Å². The molecule has 1 aliphatic carbocycles. The Balaban J connectivity index is 2.09. The van der Waals surface area contributed by atoms with E-state index in [0.717, 1.165) is 11.4 Å². The molecule has 0 spiro atoms. The summed E-state index contributed by atoms with van der Waals surface area (Å²) in [6, 6.07) is 2.43. The number of aromatic nitrogens is 1. The Bertz CT molecular complexity index is 323. The lowest BCUT2D eigenvalue weighted by Crippen LogP contribution is -2.27. The van der Waals surface area contributed by atoms with Gasteiger partial charge < -0.3 is 11.1 Å². The van der Waals surface area contributed by atoms with E-state index in [2.05, 4.69) is 10.3 Å². The number of pyridine rings is 1. The Labute approximate surface area is 88.7 Å². The summed E-state index contributed by atoms with van der Waals surface area (Å²) in [6.45, 7) is 0.483. The van der Waals surface area contributed by atoms with Gasteiger partial charge in [0.1, 0.15) is 5.82 Å². The van der Waals surface area contributed by atoms with Crippen LogP contribution in [0.25, 0.3) is 0 Å². The van der Waals surface area contributed by atoms with E-state index in [4.69, 9.17) is 17.3 Å². The smallest absolute Gasteiger partial charge is 0.144 e. The van der Waals surface area contributed by atoms with Crippen molar-refractivity contribution in [3.05, 3.63) is 22.8 Å². The first-order valence-corrected chi connectivity index (χ1v) is 5.28. The van der Waals surface area contributed by atoms with Crippen molar-refractivity contribution in [2.24, 2.45) is 5.73 Å². The molecule has 3 nitrogen and oxygen atoms in total. The van der Waals surface area contributed by atoms with Gasteiger partial charge in [0.15, 0.2) is 0 Å². The van der Waals surface area contributed by atoms with Crippen LogP contribution in [-0.2, 0) is 6.54 Å². The van der Waals surface area contributed by atoms with Crippen molar-refractivity contribution in [2.45, 2.75) is 31.8 Å². The Kier molecular flexibility index (Phi) is 2.89. The average molecular weight is 212 g/mol. The Morgan fingerprint density at radius 2 is 2.36 bits per heavy atom. The second-order valence-corrected chi connectivity index (χ2v) is 4.06. The maximum atomic E-state index is 6.05. The van der Waals surface area contributed by atoms with Crippen LogP contribution in [0.3, 0.4) is 0 Å². The van der Waals surface area contributed by atoms with Crippen LogP contribution in [0, 0.1) is 0 Å². The highest BCUT2D eigenvalue weighted by Crippen LogP contribution is 2.26. The molecule has 1 saturated carbocycles. The Morgan fingerprint density at radius 1 is 1.57 bits per heavy atom. The summed E-state index contributed by atoms with van der Waals surface area (Å²) in [4.78, 5) is 4.25. The molecule has 1 aromatic heterocycles. The molecule has 0 aromatic carbocycles. The molecule has 0 atom stereocenters. The van der Waals surface area contributed by atoms with Crippen LogP contribution in [-0.4, -0.2) is 11.0 Å². The first kappa shape index (κ1) is 9.74. The predicted molar refractivity (Wildman–Crippen MR) is 58.4 cm³/mol. The van der Waals surface area contributed by atoms with Crippen LogP contribution in [0.5, 0.6) is 0 Å². The zero-order valence-corrected chi connectivity index (χ0v) is 8.72. The van der Waals surface area contributed by atoms with E-state index in [0.29, 0.717) is 17.6 Å². The van der Waals surface area contributed by atoms with Crippen molar-refractivity contribution in [1.29, 1.82) is 0 Å². The number of nitrogens with zero attached hydrogens (tertiary/aromatic N) is 1. The number of rotatable bonds is 3. The fourth-order valence-corrected chi connectivity index (χ4v) is 1.68. The van der Waals surface area contributed by atoms with Gasteiger partial charge >= 0.3 is 0 Å². The maximum Gasteiger partial charge on any atom is 0.144 e. The van der Waals surface area contributed by atoms with E-state index >= 15 is 0 Å². The Morgan fingerprint density at radius 3 is 2.86 bits per heavy atom. The molecule has 1 fully saturated rings. The molecule has 76 valence electrons. The molecule has 0 saturated heterocycles. The molecule has 0 aliphatic heterocycles. The van der Waals surface area contributed by atoms with Crippen LogP contribution in [0.1, 0.15) is 24.8 Å². The van der Waals surface area contributed by atoms with Crippen molar-refractivity contribution in [1.82, 2.24) is 4.98 Å². The largest absolute Gasteiger partial charge is 0.366 e. The molecule has 3 N–H and O–H groups in total. The molecule has 0 radical (unpaired) electrons. The highest BCUT2D eigenvalue weighted by molar-refractivity contribution is 6.32. The van der Waals surface area contributed by atoms with Gasteiger partial charge in [0, 0.05) is 18.8 Å².